The van der Waals surface area contributed by atoms with Gasteiger partial charge in [-0.15, -0.1) is 0 Å². The van der Waals surface area contributed by atoms with Crippen molar-refractivity contribution in [2.75, 3.05) is 39.4 Å². The number of aromatic nitrogens is 1. The molecule has 2 fully saturated rings. The van der Waals surface area contributed by atoms with E-state index in [2.05, 4.69) is 20.9 Å². The molecule has 1 aromatic heterocycles. The van der Waals surface area contributed by atoms with Crippen molar-refractivity contribution in [1.82, 2.24) is 14.8 Å². The minimum atomic E-state index is -0.194. The maximum Gasteiger partial charge on any atom is 0.223 e. The van der Waals surface area contributed by atoms with Gasteiger partial charge in [0.15, 0.2) is 0 Å². The van der Waals surface area contributed by atoms with Crippen LogP contribution < -0.4 is 5.73 Å². The second-order valence-corrected chi connectivity index (χ2v) is 6.98. The first kappa shape index (κ1) is 17.3. The summed E-state index contributed by atoms with van der Waals surface area (Å²) < 4.78 is 5.47. The SMILES string of the molecule is Cc1ccc(CN2CCN(C3CCOCC3)C[C@@H](C(N)=O)C2)cn1. The van der Waals surface area contributed by atoms with Crippen LogP contribution in [0.5, 0.6) is 0 Å². The lowest BCUT2D eigenvalue weighted by molar-refractivity contribution is -0.122. The number of nitrogens with zero attached hydrogens (tertiary/aromatic N) is 3. The molecule has 132 valence electrons. The lowest BCUT2D eigenvalue weighted by atomic mass is 10.0. The number of hydrogen-bond donors (Lipinski definition) is 1. The lowest BCUT2D eigenvalue weighted by Crippen LogP contribution is -2.44. The van der Waals surface area contributed by atoms with Crippen LogP contribution in [0.4, 0.5) is 0 Å². The second kappa shape index (κ2) is 8.05. The molecule has 1 amide bonds. The van der Waals surface area contributed by atoms with Crippen LogP contribution in [0, 0.1) is 12.8 Å². The molecule has 1 atom stereocenters. The zero-order valence-electron chi connectivity index (χ0n) is 14.5. The van der Waals surface area contributed by atoms with Gasteiger partial charge in [-0.1, -0.05) is 6.07 Å². The number of rotatable bonds is 4. The van der Waals surface area contributed by atoms with E-state index in [0.717, 1.165) is 64.5 Å². The lowest BCUT2D eigenvalue weighted by Gasteiger charge is -2.34. The van der Waals surface area contributed by atoms with Crippen molar-refractivity contribution < 1.29 is 9.53 Å². The summed E-state index contributed by atoms with van der Waals surface area (Å²) in [6, 6.07) is 4.66. The Morgan fingerprint density at radius 3 is 2.75 bits per heavy atom. The van der Waals surface area contributed by atoms with Gasteiger partial charge in [0.2, 0.25) is 5.91 Å². The van der Waals surface area contributed by atoms with Gasteiger partial charge in [0, 0.05) is 63.9 Å². The van der Waals surface area contributed by atoms with Crippen LogP contribution in [-0.4, -0.2) is 66.1 Å². The zero-order chi connectivity index (χ0) is 16.9. The predicted octanol–water partition coefficient (Wildman–Crippen LogP) is 0.788. The van der Waals surface area contributed by atoms with Crippen LogP contribution in [0.1, 0.15) is 24.1 Å². The first-order chi connectivity index (χ1) is 11.6. The summed E-state index contributed by atoms with van der Waals surface area (Å²) in [6.07, 6.45) is 4.02. The van der Waals surface area contributed by atoms with E-state index < -0.39 is 0 Å². The summed E-state index contributed by atoms with van der Waals surface area (Å²) in [4.78, 5) is 21.1. The largest absolute Gasteiger partial charge is 0.381 e. The van der Waals surface area contributed by atoms with E-state index in [1.165, 1.54) is 5.56 Å². The van der Waals surface area contributed by atoms with Gasteiger partial charge in [0.05, 0.1) is 5.92 Å². The minimum absolute atomic E-state index is 0.117. The molecule has 3 heterocycles. The Labute approximate surface area is 144 Å². The molecule has 0 unspecified atom stereocenters. The van der Waals surface area contributed by atoms with E-state index in [4.69, 9.17) is 10.5 Å². The van der Waals surface area contributed by atoms with Crippen LogP contribution in [0.25, 0.3) is 0 Å². The summed E-state index contributed by atoms with van der Waals surface area (Å²) in [5, 5.41) is 0. The maximum absolute atomic E-state index is 11.9. The first-order valence-electron chi connectivity index (χ1n) is 8.87. The molecule has 6 nitrogen and oxygen atoms in total. The molecule has 0 radical (unpaired) electrons. The molecule has 24 heavy (non-hydrogen) atoms. The van der Waals surface area contributed by atoms with Gasteiger partial charge in [-0.2, -0.15) is 0 Å². The average Bonchev–Trinajstić information content (AvgIpc) is 2.81. The number of aryl methyl sites for hydroxylation is 1. The monoisotopic (exact) mass is 332 g/mol. The van der Waals surface area contributed by atoms with Crippen LogP contribution in [0.2, 0.25) is 0 Å². The normalized spacial score (nSPS) is 24.6. The molecule has 0 aliphatic carbocycles. The highest BCUT2D eigenvalue weighted by Gasteiger charge is 2.30. The third-order valence-electron chi connectivity index (χ3n) is 5.13. The third kappa shape index (κ3) is 4.53. The minimum Gasteiger partial charge on any atom is -0.381 e. The fourth-order valence-electron chi connectivity index (χ4n) is 3.66. The van der Waals surface area contributed by atoms with Crippen LogP contribution in [0.3, 0.4) is 0 Å². The fraction of sp³-hybridized carbons (Fsp3) is 0.667. The van der Waals surface area contributed by atoms with Crippen LogP contribution in [-0.2, 0) is 16.1 Å². The molecule has 2 aliphatic rings. The van der Waals surface area contributed by atoms with Gasteiger partial charge in [0.25, 0.3) is 0 Å². The summed E-state index contributed by atoms with van der Waals surface area (Å²) >= 11 is 0. The summed E-state index contributed by atoms with van der Waals surface area (Å²) in [7, 11) is 0. The molecule has 6 heteroatoms. The Morgan fingerprint density at radius 2 is 2.08 bits per heavy atom. The fourth-order valence-corrected chi connectivity index (χ4v) is 3.66. The summed E-state index contributed by atoms with van der Waals surface area (Å²) in [5.41, 5.74) is 7.88. The van der Waals surface area contributed by atoms with Crippen molar-refractivity contribution in [2.45, 2.75) is 32.4 Å². The van der Waals surface area contributed by atoms with E-state index in [0.29, 0.717) is 6.04 Å². The molecule has 2 saturated heterocycles. The number of carbonyl (C=O) groups is 1. The Balaban J connectivity index is 1.66. The van der Waals surface area contributed by atoms with E-state index in [1.54, 1.807) is 0 Å². The molecule has 0 saturated carbocycles. The quantitative estimate of drug-likeness (QED) is 0.882. The standard InChI is InChI=1S/C18H28N4O2/c1-14-2-3-15(10-20-14)11-21-6-7-22(13-16(12-21)18(19)23)17-4-8-24-9-5-17/h2-3,10,16-17H,4-9,11-13H2,1H3,(H2,19,23)/t16-/m0/s1. The van der Waals surface area contributed by atoms with Crippen molar-refractivity contribution >= 4 is 5.91 Å². The Morgan fingerprint density at radius 1 is 1.29 bits per heavy atom. The van der Waals surface area contributed by atoms with E-state index in [9.17, 15) is 4.79 Å². The molecule has 0 spiro atoms. The molecule has 3 rings (SSSR count). The Bertz CT molecular complexity index is 542. The molecule has 0 aromatic carbocycles. The number of carbonyl (C=O) groups excluding carboxylic acids is 1. The first-order valence-corrected chi connectivity index (χ1v) is 8.87. The predicted molar refractivity (Wildman–Crippen MR) is 92.3 cm³/mol. The van der Waals surface area contributed by atoms with Crippen molar-refractivity contribution in [3.8, 4) is 0 Å². The summed E-state index contributed by atoms with van der Waals surface area (Å²) in [5.74, 6) is -0.310. The molecule has 0 bridgehead atoms. The van der Waals surface area contributed by atoms with Gasteiger partial charge >= 0.3 is 0 Å². The van der Waals surface area contributed by atoms with Gasteiger partial charge in [-0.25, -0.2) is 0 Å². The molecule has 2 aliphatic heterocycles. The molecular formula is C18H28N4O2. The van der Waals surface area contributed by atoms with Gasteiger partial charge in [-0.3, -0.25) is 19.6 Å². The zero-order valence-corrected chi connectivity index (χ0v) is 14.5. The molecular weight excluding hydrogens is 304 g/mol. The Kier molecular flexibility index (Phi) is 5.81. The van der Waals surface area contributed by atoms with Crippen molar-refractivity contribution in [1.29, 1.82) is 0 Å². The van der Waals surface area contributed by atoms with Crippen molar-refractivity contribution in [3.05, 3.63) is 29.6 Å². The Hall–Kier alpha value is -1.50. The molecule has 2 N–H and O–H groups in total. The number of pyridine rings is 1. The highest BCUT2D eigenvalue weighted by molar-refractivity contribution is 5.77. The van der Waals surface area contributed by atoms with Crippen molar-refractivity contribution in [3.63, 3.8) is 0 Å². The second-order valence-electron chi connectivity index (χ2n) is 6.98. The van der Waals surface area contributed by atoms with E-state index in [-0.39, 0.29) is 11.8 Å². The number of primary amides is 1. The topological polar surface area (TPSA) is 71.7 Å². The van der Waals surface area contributed by atoms with Crippen LogP contribution in [0.15, 0.2) is 18.3 Å². The highest BCUT2D eigenvalue weighted by atomic mass is 16.5. The summed E-state index contributed by atoms with van der Waals surface area (Å²) in [6.45, 7) is 7.87. The van der Waals surface area contributed by atoms with E-state index >= 15 is 0 Å². The van der Waals surface area contributed by atoms with Gasteiger partial charge in [-0.05, 0) is 31.4 Å². The number of hydrogen-bond acceptors (Lipinski definition) is 5. The van der Waals surface area contributed by atoms with Gasteiger partial charge in [0.1, 0.15) is 0 Å². The van der Waals surface area contributed by atoms with E-state index in [1.807, 2.05) is 19.2 Å². The highest BCUT2D eigenvalue weighted by Crippen LogP contribution is 2.20. The average molecular weight is 332 g/mol. The van der Waals surface area contributed by atoms with Crippen LogP contribution >= 0.6 is 0 Å². The number of ether oxygens (including phenoxy) is 1. The number of nitrogens with two attached hydrogens (primary N) is 1. The smallest absolute Gasteiger partial charge is 0.223 e. The third-order valence-corrected chi connectivity index (χ3v) is 5.13. The number of amides is 1. The van der Waals surface area contributed by atoms with Crippen molar-refractivity contribution in [2.24, 2.45) is 11.7 Å². The molecule has 1 aromatic rings. The van der Waals surface area contributed by atoms with Gasteiger partial charge < -0.3 is 10.5 Å². The maximum atomic E-state index is 11.9.